The molecule has 0 amide bonds. The van der Waals surface area contributed by atoms with Crippen LogP contribution in [-0.2, 0) is 4.74 Å². The van der Waals surface area contributed by atoms with Gasteiger partial charge >= 0.3 is 0 Å². The molecule has 1 aromatic rings. The van der Waals surface area contributed by atoms with Crippen molar-refractivity contribution in [3.8, 4) is 0 Å². The van der Waals surface area contributed by atoms with E-state index in [1.54, 1.807) is 17.0 Å². The van der Waals surface area contributed by atoms with Crippen LogP contribution in [0.4, 0.5) is 5.82 Å². The Bertz CT molecular complexity index is 492. The quantitative estimate of drug-likeness (QED) is 0.829. The van der Waals surface area contributed by atoms with Crippen LogP contribution in [0.1, 0.15) is 18.9 Å². The number of nitrogens with zero attached hydrogens (tertiary/aromatic N) is 3. The fraction of sp³-hybridized carbons (Fsp3) is 0.692. The lowest BCUT2D eigenvalue weighted by molar-refractivity contribution is 0.0339. The number of morpholine rings is 1. The Kier molecular flexibility index (Phi) is 3.52. The van der Waals surface area contributed by atoms with Crippen molar-refractivity contribution < 1.29 is 4.74 Å². The van der Waals surface area contributed by atoms with E-state index in [1.807, 2.05) is 11.9 Å². The molecule has 2 fully saturated rings. The minimum atomic E-state index is 0.0104. The third-order valence-electron chi connectivity index (χ3n) is 3.63. The maximum absolute atomic E-state index is 12.3. The molecule has 6 nitrogen and oxygen atoms in total. The van der Waals surface area contributed by atoms with E-state index in [1.165, 1.54) is 0 Å². The Morgan fingerprint density at radius 3 is 3.11 bits per heavy atom. The molecule has 1 unspecified atom stereocenters. The zero-order chi connectivity index (χ0) is 13.2. The second kappa shape index (κ2) is 5.30. The summed E-state index contributed by atoms with van der Waals surface area (Å²) < 4.78 is 7.46. The molecule has 0 aromatic carbocycles. The molecule has 1 saturated heterocycles. The third-order valence-corrected chi connectivity index (χ3v) is 3.63. The van der Waals surface area contributed by atoms with Gasteiger partial charge in [0.15, 0.2) is 5.82 Å². The summed E-state index contributed by atoms with van der Waals surface area (Å²) in [5.74, 6) is 0.517. The molecule has 6 heteroatoms. The van der Waals surface area contributed by atoms with Gasteiger partial charge in [0, 0.05) is 45.1 Å². The lowest BCUT2D eigenvalue weighted by Gasteiger charge is -2.28. The monoisotopic (exact) mass is 264 g/mol. The van der Waals surface area contributed by atoms with Gasteiger partial charge in [0.25, 0.3) is 5.56 Å². The Hall–Kier alpha value is -1.40. The predicted molar refractivity (Wildman–Crippen MR) is 72.6 cm³/mol. The summed E-state index contributed by atoms with van der Waals surface area (Å²) in [6.45, 7) is 3.14. The van der Waals surface area contributed by atoms with E-state index in [9.17, 15) is 4.79 Å². The van der Waals surface area contributed by atoms with E-state index < -0.39 is 0 Å². The van der Waals surface area contributed by atoms with Crippen molar-refractivity contribution in [3.63, 3.8) is 0 Å². The molecular formula is C13H20N4O2. The maximum Gasteiger partial charge on any atom is 0.293 e. The number of nitrogens with one attached hydrogen (secondary N) is 1. The SMILES string of the molecule is CN(CC1CNCCO1)c1nccn(C2CC2)c1=O. The first-order valence-corrected chi connectivity index (χ1v) is 6.86. The minimum absolute atomic E-state index is 0.0104. The van der Waals surface area contributed by atoms with Crippen LogP contribution in [0.15, 0.2) is 17.2 Å². The highest BCUT2D eigenvalue weighted by Gasteiger charge is 2.26. The average molecular weight is 264 g/mol. The summed E-state index contributed by atoms with van der Waals surface area (Å²) in [6, 6.07) is 0.384. The van der Waals surface area contributed by atoms with Crippen LogP contribution < -0.4 is 15.8 Å². The molecule has 104 valence electrons. The van der Waals surface area contributed by atoms with Gasteiger partial charge in [-0.05, 0) is 12.8 Å². The first-order chi connectivity index (χ1) is 9.25. The molecule has 3 rings (SSSR count). The molecule has 0 radical (unpaired) electrons. The predicted octanol–water partition coefficient (Wildman–Crippen LogP) is 0.00280. The van der Waals surface area contributed by atoms with Gasteiger partial charge in [-0.15, -0.1) is 0 Å². The lowest BCUT2D eigenvalue weighted by atomic mass is 10.3. The number of hydrogen-bond acceptors (Lipinski definition) is 5. The fourth-order valence-electron chi connectivity index (χ4n) is 2.45. The fourth-order valence-corrected chi connectivity index (χ4v) is 2.45. The molecule has 1 N–H and O–H groups in total. The molecule has 1 aliphatic carbocycles. The Morgan fingerprint density at radius 1 is 1.58 bits per heavy atom. The van der Waals surface area contributed by atoms with Gasteiger partial charge in [0.05, 0.1) is 12.7 Å². The zero-order valence-electron chi connectivity index (χ0n) is 11.2. The Balaban J connectivity index is 1.73. The van der Waals surface area contributed by atoms with Crippen LogP contribution in [-0.4, -0.2) is 48.9 Å². The smallest absolute Gasteiger partial charge is 0.293 e. The minimum Gasteiger partial charge on any atom is -0.374 e. The number of ether oxygens (including phenoxy) is 1. The van der Waals surface area contributed by atoms with E-state index in [2.05, 4.69) is 10.3 Å². The van der Waals surface area contributed by atoms with Gasteiger partial charge in [0.1, 0.15) is 0 Å². The molecule has 1 aliphatic heterocycles. The summed E-state index contributed by atoms with van der Waals surface area (Å²) in [5, 5.41) is 3.29. The Labute approximate surface area is 112 Å². The van der Waals surface area contributed by atoms with Crippen molar-refractivity contribution in [2.75, 3.05) is 38.2 Å². The molecule has 2 aliphatic rings. The molecular weight excluding hydrogens is 244 g/mol. The van der Waals surface area contributed by atoms with E-state index >= 15 is 0 Å². The second-order valence-electron chi connectivity index (χ2n) is 5.27. The largest absolute Gasteiger partial charge is 0.374 e. The number of rotatable bonds is 4. The van der Waals surface area contributed by atoms with Crippen molar-refractivity contribution in [1.29, 1.82) is 0 Å². The van der Waals surface area contributed by atoms with Crippen LogP contribution in [0.3, 0.4) is 0 Å². The van der Waals surface area contributed by atoms with Crippen molar-refractivity contribution in [1.82, 2.24) is 14.9 Å². The second-order valence-corrected chi connectivity index (χ2v) is 5.27. The van der Waals surface area contributed by atoms with Crippen molar-refractivity contribution in [2.45, 2.75) is 25.0 Å². The molecule has 0 spiro atoms. The number of hydrogen-bond donors (Lipinski definition) is 1. The van der Waals surface area contributed by atoms with Gasteiger partial charge in [-0.3, -0.25) is 4.79 Å². The van der Waals surface area contributed by atoms with E-state index in [0.29, 0.717) is 18.4 Å². The van der Waals surface area contributed by atoms with Crippen molar-refractivity contribution >= 4 is 5.82 Å². The van der Waals surface area contributed by atoms with Gasteiger partial charge < -0.3 is 19.5 Å². The lowest BCUT2D eigenvalue weighted by Crippen LogP contribution is -2.45. The van der Waals surface area contributed by atoms with Gasteiger partial charge in [-0.25, -0.2) is 4.98 Å². The topological polar surface area (TPSA) is 59.4 Å². The highest BCUT2D eigenvalue weighted by Crippen LogP contribution is 2.33. The molecule has 1 atom stereocenters. The molecule has 0 bridgehead atoms. The first-order valence-electron chi connectivity index (χ1n) is 6.86. The van der Waals surface area contributed by atoms with Gasteiger partial charge in [-0.1, -0.05) is 0 Å². The number of aromatic nitrogens is 2. The van der Waals surface area contributed by atoms with Crippen molar-refractivity contribution in [2.24, 2.45) is 0 Å². The standard InChI is InChI=1S/C13H20N4O2/c1-16(9-11-8-14-5-7-19-11)12-13(18)17(6-4-15-12)10-2-3-10/h4,6,10-11,14H,2-3,5,7-9H2,1H3. The summed E-state index contributed by atoms with van der Waals surface area (Å²) >= 11 is 0. The van der Waals surface area contributed by atoms with Crippen molar-refractivity contribution in [3.05, 3.63) is 22.7 Å². The molecule has 2 heterocycles. The van der Waals surface area contributed by atoms with Crippen LogP contribution >= 0.6 is 0 Å². The number of likely N-dealkylation sites (N-methyl/N-ethyl adjacent to an activating group) is 1. The Morgan fingerprint density at radius 2 is 2.42 bits per heavy atom. The van der Waals surface area contributed by atoms with E-state index in [0.717, 1.165) is 32.5 Å². The van der Waals surface area contributed by atoms with Crippen LogP contribution in [0.5, 0.6) is 0 Å². The normalized spacial score (nSPS) is 23.3. The van der Waals surface area contributed by atoms with Crippen LogP contribution in [0.25, 0.3) is 0 Å². The first kappa shape index (κ1) is 12.6. The summed E-state index contributed by atoms with van der Waals surface area (Å²) in [6.07, 6.45) is 5.82. The van der Waals surface area contributed by atoms with Crippen LogP contribution in [0, 0.1) is 0 Å². The third kappa shape index (κ3) is 2.79. The summed E-state index contributed by atoms with van der Waals surface area (Å²) in [4.78, 5) is 18.5. The van der Waals surface area contributed by atoms with Gasteiger partial charge in [-0.2, -0.15) is 0 Å². The average Bonchev–Trinajstić information content (AvgIpc) is 3.24. The zero-order valence-corrected chi connectivity index (χ0v) is 11.2. The van der Waals surface area contributed by atoms with Gasteiger partial charge in [0.2, 0.25) is 0 Å². The summed E-state index contributed by atoms with van der Waals surface area (Å²) in [7, 11) is 1.90. The summed E-state index contributed by atoms with van der Waals surface area (Å²) in [5.41, 5.74) is 0.0104. The number of anilines is 1. The molecule has 1 aromatic heterocycles. The highest BCUT2D eigenvalue weighted by atomic mass is 16.5. The van der Waals surface area contributed by atoms with E-state index in [-0.39, 0.29) is 11.7 Å². The van der Waals surface area contributed by atoms with Crippen LogP contribution in [0.2, 0.25) is 0 Å². The molecule has 1 saturated carbocycles. The molecule has 19 heavy (non-hydrogen) atoms. The highest BCUT2D eigenvalue weighted by molar-refractivity contribution is 5.35. The van der Waals surface area contributed by atoms with E-state index in [4.69, 9.17) is 4.74 Å². The maximum atomic E-state index is 12.3.